The SMILES string of the molecule is CC1CN(C(=O)CNC2CCCC2)CC(C)N1C. The van der Waals surface area contributed by atoms with Gasteiger partial charge in [0.2, 0.25) is 5.91 Å². The molecular formula is C14H27N3O. The third-order valence-electron chi connectivity index (χ3n) is 4.61. The summed E-state index contributed by atoms with van der Waals surface area (Å²) >= 11 is 0. The molecule has 4 heteroatoms. The summed E-state index contributed by atoms with van der Waals surface area (Å²) in [5.41, 5.74) is 0. The minimum absolute atomic E-state index is 0.272. The Hall–Kier alpha value is -0.610. The Morgan fingerprint density at radius 1 is 1.17 bits per heavy atom. The van der Waals surface area contributed by atoms with Gasteiger partial charge >= 0.3 is 0 Å². The third kappa shape index (κ3) is 3.23. The second-order valence-corrected chi connectivity index (χ2v) is 6.02. The first kappa shape index (κ1) is 13.8. The van der Waals surface area contributed by atoms with Crippen molar-refractivity contribution in [2.45, 2.75) is 57.7 Å². The summed E-state index contributed by atoms with van der Waals surface area (Å²) in [5, 5.41) is 3.41. The molecule has 1 amide bonds. The molecule has 0 aromatic heterocycles. The number of likely N-dealkylation sites (N-methyl/N-ethyl adjacent to an activating group) is 1. The quantitative estimate of drug-likeness (QED) is 0.817. The molecule has 1 aliphatic heterocycles. The van der Waals surface area contributed by atoms with E-state index in [0.717, 1.165) is 13.1 Å². The van der Waals surface area contributed by atoms with Crippen LogP contribution in [0.2, 0.25) is 0 Å². The highest BCUT2D eigenvalue weighted by atomic mass is 16.2. The van der Waals surface area contributed by atoms with Crippen LogP contribution in [-0.2, 0) is 4.79 Å². The average molecular weight is 253 g/mol. The molecule has 2 unspecified atom stereocenters. The molecule has 1 N–H and O–H groups in total. The molecule has 2 atom stereocenters. The van der Waals surface area contributed by atoms with Gasteiger partial charge in [-0.15, -0.1) is 0 Å². The Morgan fingerprint density at radius 2 is 1.72 bits per heavy atom. The first-order valence-electron chi connectivity index (χ1n) is 7.31. The van der Waals surface area contributed by atoms with Crippen molar-refractivity contribution in [2.24, 2.45) is 0 Å². The van der Waals surface area contributed by atoms with Gasteiger partial charge in [-0.1, -0.05) is 12.8 Å². The van der Waals surface area contributed by atoms with Gasteiger partial charge in [0.05, 0.1) is 6.54 Å². The van der Waals surface area contributed by atoms with Crippen molar-refractivity contribution in [3.8, 4) is 0 Å². The van der Waals surface area contributed by atoms with Gasteiger partial charge in [0.15, 0.2) is 0 Å². The van der Waals surface area contributed by atoms with E-state index in [1.807, 2.05) is 4.90 Å². The lowest BCUT2D eigenvalue weighted by atomic mass is 10.1. The monoisotopic (exact) mass is 253 g/mol. The second-order valence-electron chi connectivity index (χ2n) is 6.02. The van der Waals surface area contributed by atoms with Crippen molar-refractivity contribution in [2.75, 3.05) is 26.7 Å². The number of nitrogens with one attached hydrogen (secondary N) is 1. The van der Waals surface area contributed by atoms with E-state index < -0.39 is 0 Å². The molecule has 0 spiro atoms. The summed E-state index contributed by atoms with van der Waals surface area (Å²) in [6.07, 6.45) is 5.11. The molecule has 2 fully saturated rings. The number of hydrogen-bond donors (Lipinski definition) is 1. The van der Waals surface area contributed by atoms with Crippen LogP contribution in [0.4, 0.5) is 0 Å². The van der Waals surface area contributed by atoms with E-state index in [-0.39, 0.29) is 5.91 Å². The molecule has 4 nitrogen and oxygen atoms in total. The Bertz CT molecular complexity index is 277. The zero-order chi connectivity index (χ0) is 13.1. The lowest BCUT2D eigenvalue weighted by Crippen LogP contribution is -2.57. The summed E-state index contributed by atoms with van der Waals surface area (Å²) < 4.78 is 0. The van der Waals surface area contributed by atoms with Crippen LogP contribution >= 0.6 is 0 Å². The first-order valence-corrected chi connectivity index (χ1v) is 7.31. The van der Waals surface area contributed by atoms with Crippen molar-refractivity contribution in [1.29, 1.82) is 0 Å². The van der Waals surface area contributed by atoms with Crippen LogP contribution < -0.4 is 5.32 Å². The zero-order valence-electron chi connectivity index (χ0n) is 12.0. The minimum atomic E-state index is 0.272. The molecule has 0 aromatic rings. The predicted molar refractivity (Wildman–Crippen MR) is 73.5 cm³/mol. The summed E-state index contributed by atoms with van der Waals surface area (Å²) in [5.74, 6) is 0.272. The third-order valence-corrected chi connectivity index (χ3v) is 4.61. The smallest absolute Gasteiger partial charge is 0.236 e. The van der Waals surface area contributed by atoms with Crippen molar-refractivity contribution in [1.82, 2.24) is 15.1 Å². The maximum Gasteiger partial charge on any atom is 0.236 e. The number of nitrogens with zero attached hydrogens (tertiary/aromatic N) is 2. The van der Waals surface area contributed by atoms with E-state index in [1.165, 1.54) is 25.7 Å². The summed E-state index contributed by atoms with van der Waals surface area (Å²) in [7, 11) is 2.15. The topological polar surface area (TPSA) is 35.6 Å². The number of carbonyl (C=O) groups excluding carboxylic acids is 1. The molecule has 1 saturated heterocycles. The van der Waals surface area contributed by atoms with E-state index in [4.69, 9.17) is 0 Å². The van der Waals surface area contributed by atoms with Crippen LogP contribution in [-0.4, -0.2) is 60.5 Å². The van der Waals surface area contributed by atoms with Crippen molar-refractivity contribution in [3.63, 3.8) is 0 Å². The zero-order valence-corrected chi connectivity index (χ0v) is 12.0. The van der Waals surface area contributed by atoms with Gasteiger partial charge in [-0.05, 0) is 33.7 Å². The van der Waals surface area contributed by atoms with E-state index in [1.54, 1.807) is 0 Å². The molecule has 1 saturated carbocycles. The second kappa shape index (κ2) is 6.02. The van der Waals surface area contributed by atoms with Crippen LogP contribution in [0.3, 0.4) is 0 Å². The molecule has 2 aliphatic rings. The van der Waals surface area contributed by atoms with E-state index in [2.05, 4.69) is 31.1 Å². The molecule has 2 rings (SSSR count). The van der Waals surface area contributed by atoms with Crippen molar-refractivity contribution >= 4 is 5.91 Å². The van der Waals surface area contributed by atoms with E-state index in [9.17, 15) is 4.79 Å². The number of carbonyl (C=O) groups is 1. The fourth-order valence-corrected chi connectivity index (χ4v) is 3.08. The fraction of sp³-hybridized carbons (Fsp3) is 0.929. The Kier molecular flexibility index (Phi) is 4.62. The lowest BCUT2D eigenvalue weighted by Gasteiger charge is -2.42. The van der Waals surface area contributed by atoms with Gasteiger partial charge in [-0.2, -0.15) is 0 Å². The predicted octanol–water partition coefficient (Wildman–Crippen LogP) is 1.07. The molecule has 0 aromatic carbocycles. The Morgan fingerprint density at radius 3 is 2.28 bits per heavy atom. The summed E-state index contributed by atoms with van der Waals surface area (Å²) in [6, 6.07) is 1.50. The highest BCUT2D eigenvalue weighted by Crippen LogP contribution is 2.18. The maximum absolute atomic E-state index is 12.2. The average Bonchev–Trinajstić information content (AvgIpc) is 2.85. The number of amides is 1. The largest absolute Gasteiger partial charge is 0.338 e. The lowest BCUT2D eigenvalue weighted by molar-refractivity contribution is -0.134. The Labute approximate surface area is 111 Å². The fourth-order valence-electron chi connectivity index (χ4n) is 3.08. The molecular weight excluding hydrogens is 226 g/mol. The number of hydrogen-bond acceptors (Lipinski definition) is 3. The van der Waals surface area contributed by atoms with Crippen molar-refractivity contribution in [3.05, 3.63) is 0 Å². The number of piperazine rings is 1. The molecule has 1 aliphatic carbocycles. The van der Waals surface area contributed by atoms with Crippen molar-refractivity contribution < 1.29 is 4.79 Å². The molecule has 0 radical (unpaired) electrons. The van der Waals surface area contributed by atoms with E-state index in [0.29, 0.717) is 24.7 Å². The highest BCUT2D eigenvalue weighted by Gasteiger charge is 2.29. The van der Waals surface area contributed by atoms with Crippen LogP contribution in [0.1, 0.15) is 39.5 Å². The highest BCUT2D eigenvalue weighted by molar-refractivity contribution is 5.78. The van der Waals surface area contributed by atoms with Crippen LogP contribution in [0.15, 0.2) is 0 Å². The van der Waals surface area contributed by atoms with Gasteiger partial charge in [-0.25, -0.2) is 0 Å². The maximum atomic E-state index is 12.2. The van der Waals surface area contributed by atoms with E-state index >= 15 is 0 Å². The van der Waals surface area contributed by atoms with Gasteiger partial charge in [0.1, 0.15) is 0 Å². The molecule has 0 bridgehead atoms. The molecule has 104 valence electrons. The Balaban J connectivity index is 1.78. The van der Waals surface area contributed by atoms with Crippen LogP contribution in [0.5, 0.6) is 0 Å². The summed E-state index contributed by atoms with van der Waals surface area (Å²) in [4.78, 5) is 16.6. The standard InChI is InChI=1S/C14H27N3O/c1-11-9-17(10-12(2)16(11)3)14(18)8-15-13-6-4-5-7-13/h11-13,15H,4-10H2,1-3H3. The summed E-state index contributed by atoms with van der Waals surface area (Å²) in [6.45, 7) is 6.65. The minimum Gasteiger partial charge on any atom is -0.338 e. The van der Waals surface area contributed by atoms with Gasteiger partial charge in [-0.3, -0.25) is 9.69 Å². The van der Waals surface area contributed by atoms with Gasteiger partial charge in [0.25, 0.3) is 0 Å². The normalized spacial score (nSPS) is 30.9. The van der Waals surface area contributed by atoms with Gasteiger partial charge in [0, 0.05) is 31.2 Å². The van der Waals surface area contributed by atoms with Gasteiger partial charge < -0.3 is 10.2 Å². The first-order chi connectivity index (χ1) is 8.58. The molecule has 1 heterocycles. The van der Waals surface area contributed by atoms with Crippen LogP contribution in [0, 0.1) is 0 Å². The van der Waals surface area contributed by atoms with Crippen LogP contribution in [0.25, 0.3) is 0 Å². The molecule has 18 heavy (non-hydrogen) atoms. The number of rotatable bonds is 3.